The van der Waals surface area contributed by atoms with E-state index in [0.29, 0.717) is 6.42 Å². The third kappa shape index (κ3) is 4.46. The SMILES string of the molecule is C=CC(=O)N(C(C)(C)O)C(C)(C)CC(C)(C)C(C)=O. The van der Waals surface area contributed by atoms with Crippen molar-refractivity contribution in [3.05, 3.63) is 12.7 Å². The van der Waals surface area contributed by atoms with Crippen LogP contribution < -0.4 is 0 Å². The van der Waals surface area contributed by atoms with E-state index < -0.39 is 16.7 Å². The predicted molar refractivity (Wildman–Crippen MR) is 76.5 cm³/mol. The maximum Gasteiger partial charge on any atom is 0.248 e. The molecule has 0 heterocycles. The number of hydrogen-bond donors (Lipinski definition) is 1. The molecule has 0 aromatic rings. The molecule has 1 amide bonds. The van der Waals surface area contributed by atoms with Crippen molar-refractivity contribution in [3.8, 4) is 0 Å². The summed E-state index contributed by atoms with van der Waals surface area (Å²) in [4.78, 5) is 25.1. The standard InChI is InChI=1S/C15H27NO3/c1-9-12(18)16(15(7,8)19)14(5,6)10-13(3,4)11(2)17/h9,19H,1,10H2,2-8H3. The highest BCUT2D eigenvalue weighted by molar-refractivity contribution is 5.88. The molecule has 0 aromatic carbocycles. The van der Waals surface area contributed by atoms with E-state index in [2.05, 4.69) is 6.58 Å². The molecule has 0 spiro atoms. The van der Waals surface area contributed by atoms with E-state index in [1.54, 1.807) is 20.8 Å². The van der Waals surface area contributed by atoms with Crippen LogP contribution in [-0.4, -0.2) is 33.0 Å². The van der Waals surface area contributed by atoms with E-state index in [1.807, 2.05) is 27.7 Å². The average Bonchev–Trinajstić information content (AvgIpc) is 2.12. The zero-order valence-electron chi connectivity index (χ0n) is 13.2. The Balaban J connectivity index is 5.50. The Kier molecular flexibility index (Phi) is 5.12. The Hall–Kier alpha value is -1.16. The van der Waals surface area contributed by atoms with Crippen LogP contribution in [0.25, 0.3) is 0 Å². The van der Waals surface area contributed by atoms with Gasteiger partial charge in [0, 0.05) is 11.0 Å². The summed E-state index contributed by atoms with van der Waals surface area (Å²) in [5, 5.41) is 10.2. The highest BCUT2D eigenvalue weighted by atomic mass is 16.3. The maximum absolute atomic E-state index is 12.0. The lowest BCUT2D eigenvalue weighted by molar-refractivity contribution is -0.167. The Morgan fingerprint density at radius 1 is 1.16 bits per heavy atom. The van der Waals surface area contributed by atoms with Gasteiger partial charge in [-0.25, -0.2) is 0 Å². The first-order valence-corrected chi connectivity index (χ1v) is 6.46. The molecule has 0 aliphatic rings. The number of aliphatic hydroxyl groups is 1. The van der Waals surface area contributed by atoms with Gasteiger partial charge in [0.25, 0.3) is 0 Å². The molecule has 4 nitrogen and oxygen atoms in total. The zero-order chi connectivity index (χ0) is 15.6. The molecule has 0 aliphatic carbocycles. The number of rotatable bonds is 6. The van der Waals surface area contributed by atoms with Gasteiger partial charge >= 0.3 is 0 Å². The molecule has 0 atom stereocenters. The summed E-state index contributed by atoms with van der Waals surface area (Å²) in [5.41, 5.74) is -2.55. The summed E-state index contributed by atoms with van der Waals surface area (Å²) in [6.07, 6.45) is 1.64. The van der Waals surface area contributed by atoms with Crippen LogP contribution in [0.5, 0.6) is 0 Å². The van der Waals surface area contributed by atoms with Crippen LogP contribution >= 0.6 is 0 Å². The molecule has 0 aromatic heterocycles. The molecule has 0 saturated carbocycles. The molecule has 0 saturated heterocycles. The van der Waals surface area contributed by atoms with Crippen molar-refractivity contribution in [2.75, 3.05) is 0 Å². The summed E-state index contributed by atoms with van der Waals surface area (Å²) in [6, 6.07) is 0. The Morgan fingerprint density at radius 3 is 1.84 bits per heavy atom. The normalized spacial score (nSPS) is 13.1. The van der Waals surface area contributed by atoms with Crippen LogP contribution in [0.2, 0.25) is 0 Å². The van der Waals surface area contributed by atoms with E-state index in [4.69, 9.17) is 0 Å². The lowest BCUT2D eigenvalue weighted by Gasteiger charge is -2.48. The lowest BCUT2D eigenvalue weighted by atomic mass is 9.76. The third-order valence-electron chi connectivity index (χ3n) is 3.38. The van der Waals surface area contributed by atoms with Crippen molar-refractivity contribution in [2.45, 2.75) is 66.2 Å². The van der Waals surface area contributed by atoms with E-state index in [-0.39, 0.29) is 11.7 Å². The summed E-state index contributed by atoms with van der Waals surface area (Å²) < 4.78 is 0. The number of hydrogen-bond acceptors (Lipinski definition) is 3. The van der Waals surface area contributed by atoms with Crippen LogP contribution in [0.15, 0.2) is 12.7 Å². The van der Waals surface area contributed by atoms with Gasteiger partial charge in [0.15, 0.2) is 0 Å². The molecule has 4 heteroatoms. The third-order valence-corrected chi connectivity index (χ3v) is 3.38. The van der Waals surface area contributed by atoms with Crippen molar-refractivity contribution >= 4 is 11.7 Å². The number of nitrogens with zero attached hydrogens (tertiary/aromatic N) is 1. The highest BCUT2D eigenvalue weighted by Gasteiger charge is 2.43. The fourth-order valence-corrected chi connectivity index (χ4v) is 2.68. The number of Topliss-reactive ketones (excluding diaryl/α,β-unsaturated/α-hetero) is 1. The fraction of sp³-hybridized carbons (Fsp3) is 0.733. The van der Waals surface area contributed by atoms with Gasteiger partial charge in [-0.15, -0.1) is 0 Å². The van der Waals surface area contributed by atoms with Gasteiger partial charge in [-0.05, 0) is 47.1 Å². The second kappa shape index (κ2) is 5.45. The van der Waals surface area contributed by atoms with Crippen LogP contribution in [0.3, 0.4) is 0 Å². The Bertz CT molecular complexity index is 375. The van der Waals surface area contributed by atoms with Crippen molar-refractivity contribution < 1.29 is 14.7 Å². The maximum atomic E-state index is 12.0. The van der Waals surface area contributed by atoms with Gasteiger partial charge in [-0.1, -0.05) is 20.4 Å². The molecular formula is C15H27NO3. The fourth-order valence-electron chi connectivity index (χ4n) is 2.68. The summed E-state index contributed by atoms with van der Waals surface area (Å²) in [5.74, 6) is -0.292. The van der Waals surface area contributed by atoms with Gasteiger partial charge in [0.1, 0.15) is 11.5 Å². The smallest absolute Gasteiger partial charge is 0.248 e. The van der Waals surface area contributed by atoms with Crippen LogP contribution in [0.4, 0.5) is 0 Å². The molecule has 0 bridgehead atoms. The first-order valence-electron chi connectivity index (χ1n) is 6.46. The minimum atomic E-state index is -1.32. The summed E-state index contributed by atoms with van der Waals surface area (Å²) in [7, 11) is 0. The first kappa shape index (κ1) is 17.8. The summed E-state index contributed by atoms with van der Waals surface area (Å²) in [6.45, 7) is 15.5. The monoisotopic (exact) mass is 269 g/mol. The second-order valence-corrected chi connectivity index (χ2v) is 6.80. The van der Waals surface area contributed by atoms with Crippen LogP contribution in [-0.2, 0) is 9.59 Å². The molecule has 1 N–H and O–H groups in total. The molecule has 0 fully saturated rings. The number of ketones is 1. The molecular weight excluding hydrogens is 242 g/mol. The minimum Gasteiger partial charge on any atom is -0.371 e. The topological polar surface area (TPSA) is 57.6 Å². The van der Waals surface area contributed by atoms with Gasteiger partial charge in [-0.3, -0.25) is 9.59 Å². The van der Waals surface area contributed by atoms with Gasteiger partial charge in [0.2, 0.25) is 5.91 Å². The lowest BCUT2D eigenvalue weighted by Crippen LogP contribution is -2.59. The summed E-state index contributed by atoms with van der Waals surface area (Å²) >= 11 is 0. The van der Waals surface area contributed by atoms with E-state index >= 15 is 0 Å². The predicted octanol–water partition coefficient (Wildman–Crippen LogP) is 2.51. The van der Waals surface area contributed by atoms with E-state index in [0.717, 1.165) is 0 Å². The van der Waals surface area contributed by atoms with E-state index in [1.165, 1.54) is 11.0 Å². The van der Waals surface area contributed by atoms with Crippen molar-refractivity contribution in [1.82, 2.24) is 4.90 Å². The molecule has 110 valence electrons. The Morgan fingerprint density at radius 2 is 1.58 bits per heavy atom. The highest BCUT2D eigenvalue weighted by Crippen LogP contribution is 2.35. The largest absolute Gasteiger partial charge is 0.371 e. The second-order valence-electron chi connectivity index (χ2n) is 6.80. The molecule has 0 rings (SSSR count). The molecule has 0 radical (unpaired) electrons. The van der Waals surface area contributed by atoms with E-state index in [9.17, 15) is 14.7 Å². The Labute approximate surface area is 116 Å². The average molecular weight is 269 g/mol. The zero-order valence-corrected chi connectivity index (χ0v) is 13.2. The number of carbonyl (C=O) groups excluding carboxylic acids is 2. The van der Waals surface area contributed by atoms with Crippen LogP contribution in [0, 0.1) is 5.41 Å². The number of amides is 1. The van der Waals surface area contributed by atoms with Gasteiger partial charge < -0.3 is 10.0 Å². The first-order chi connectivity index (χ1) is 8.25. The van der Waals surface area contributed by atoms with Crippen molar-refractivity contribution in [1.29, 1.82) is 0 Å². The van der Waals surface area contributed by atoms with Crippen molar-refractivity contribution in [2.24, 2.45) is 5.41 Å². The quantitative estimate of drug-likeness (QED) is 0.595. The van der Waals surface area contributed by atoms with Crippen molar-refractivity contribution in [3.63, 3.8) is 0 Å². The molecule has 0 unspecified atom stereocenters. The molecule has 19 heavy (non-hydrogen) atoms. The number of carbonyl (C=O) groups is 2. The van der Waals surface area contributed by atoms with Crippen LogP contribution in [0.1, 0.15) is 54.9 Å². The van der Waals surface area contributed by atoms with Gasteiger partial charge in [-0.2, -0.15) is 0 Å². The molecule has 0 aliphatic heterocycles. The van der Waals surface area contributed by atoms with Gasteiger partial charge in [0.05, 0.1) is 0 Å². The minimum absolute atomic E-state index is 0.0577.